The molecule has 0 saturated heterocycles. The Kier molecular flexibility index (Phi) is 3.70. The SMILES string of the molecule is Cn1cc(/C=C/C(=O)Nc2ccc(F)c(F)c2)cn1. The highest BCUT2D eigenvalue weighted by Crippen LogP contribution is 2.13. The summed E-state index contributed by atoms with van der Waals surface area (Å²) in [4.78, 5) is 11.5. The van der Waals surface area contributed by atoms with Crippen LogP contribution in [0.4, 0.5) is 14.5 Å². The summed E-state index contributed by atoms with van der Waals surface area (Å²) in [5, 5.41) is 6.37. The third-order valence-corrected chi connectivity index (χ3v) is 2.34. The third kappa shape index (κ3) is 3.48. The fraction of sp³-hybridized carbons (Fsp3) is 0.0769. The van der Waals surface area contributed by atoms with Gasteiger partial charge in [0.15, 0.2) is 11.6 Å². The first-order chi connectivity index (χ1) is 9.04. The van der Waals surface area contributed by atoms with Crippen LogP contribution < -0.4 is 5.32 Å². The van der Waals surface area contributed by atoms with Crippen LogP contribution in [0.2, 0.25) is 0 Å². The summed E-state index contributed by atoms with van der Waals surface area (Å²) in [6, 6.07) is 3.16. The number of aromatic nitrogens is 2. The molecule has 0 aliphatic carbocycles. The number of hydrogen-bond donors (Lipinski definition) is 1. The van der Waals surface area contributed by atoms with Crippen molar-refractivity contribution in [3.05, 3.63) is 53.9 Å². The zero-order valence-electron chi connectivity index (χ0n) is 10.1. The van der Waals surface area contributed by atoms with E-state index in [-0.39, 0.29) is 5.69 Å². The minimum absolute atomic E-state index is 0.194. The van der Waals surface area contributed by atoms with Crippen LogP contribution in [0.1, 0.15) is 5.56 Å². The van der Waals surface area contributed by atoms with Crippen molar-refractivity contribution in [2.45, 2.75) is 0 Å². The quantitative estimate of drug-likeness (QED) is 0.864. The van der Waals surface area contributed by atoms with Crippen LogP contribution in [0.3, 0.4) is 0 Å². The van der Waals surface area contributed by atoms with Gasteiger partial charge in [-0.1, -0.05) is 0 Å². The van der Waals surface area contributed by atoms with Crippen LogP contribution in [-0.2, 0) is 11.8 Å². The van der Waals surface area contributed by atoms with Crippen LogP contribution in [0.25, 0.3) is 6.08 Å². The van der Waals surface area contributed by atoms with Crippen LogP contribution in [0.15, 0.2) is 36.7 Å². The maximum atomic E-state index is 12.9. The summed E-state index contributed by atoms with van der Waals surface area (Å²) in [6.07, 6.45) is 6.20. The van der Waals surface area contributed by atoms with Gasteiger partial charge in [-0.15, -0.1) is 0 Å². The molecule has 98 valence electrons. The fourth-order valence-electron chi connectivity index (χ4n) is 1.46. The highest BCUT2D eigenvalue weighted by atomic mass is 19.2. The standard InChI is InChI=1S/C13H11F2N3O/c1-18-8-9(7-16-18)2-5-13(19)17-10-3-4-11(14)12(15)6-10/h2-8H,1H3,(H,17,19)/b5-2+. The van der Waals surface area contributed by atoms with E-state index in [0.29, 0.717) is 0 Å². The summed E-state index contributed by atoms with van der Waals surface area (Å²) in [5.41, 5.74) is 0.961. The van der Waals surface area contributed by atoms with E-state index in [2.05, 4.69) is 10.4 Å². The zero-order chi connectivity index (χ0) is 13.8. The number of amides is 1. The summed E-state index contributed by atoms with van der Waals surface area (Å²) < 4.78 is 27.2. The summed E-state index contributed by atoms with van der Waals surface area (Å²) >= 11 is 0. The molecule has 0 bridgehead atoms. The van der Waals surface area contributed by atoms with E-state index >= 15 is 0 Å². The van der Waals surface area contributed by atoms with Gasteiger partial charge in [0.05, 0.1) is 6.20 Å². The number of rotatable bonds is 3. The molecule has 0 aliphatic rings. The Labute approximate surface area is 108 Å². The summed E-state index contributed by atoms with van der Waals surface area (Å²) in [6.45, 7) is 0. The average Bonchev–Trinajstić information content (AvgIpc) is 2.77. The molecule has 0 spiro atoms. The highest BCUT2D eigenvalue weighted by Gasteiger charge is 2.04. The molecule has 4 nitrogen and oxygen atoms in total. The van der Waals surface area contributed by atoms with Crippen molar-refractivity contribution in [2.75, 3.05) is 5.32 Å². The lowest BCUT2D eigenvalue weighted by Crippen LogP contribution is -2.08. The van der Waals surface area contributed by atoms with Gasteiger partial charge in [0, 0.05) is 36.6 Å². The predicted molar refractivity (Wildman–Crippen MR) is 67.2 cm³/mol. The maximum Gasteiger partial charge on any atom is 0.248 e. The van der Waals surface area contributed by atoms with Gasteiger partial charge in [-0.2, -0.15) is 5.10 Å². The van der Waals surface area contributed by atoms with E-state index in [9.17, 15) is 13.6 Å². The van der Waals surface area contributed by atoms with Gasteiger partial charge in [-0.25, -0.2) is 8.78 Å². The van der Waals surface area contributed by atoms with E-state index in [0.717, 1.165) is 17.7 Å². The average molecular weight is 263 g/mol. The van der Waals surface area contributed by atoms with Crippen LogP contribution in [-0.4, -0.2) is 15.7 Å². The van der Waals surface area contributed by atoms with E-state index in [1.165, 1.54) is 12.1 Å². The summed E-state index contributed by atoms with van der Waals surface area (Å²) in [5.74, 6) is -2.40. The second kappa shape index (κ2) is 5.43. The smallest absolute Gasteiger partial charge is 0.248 e. The third-order valence-electron chi connectivity index (χ3n) is 2.34. The van der Waals surface area contributed by atoms with Crippen molar-refractivity contribution < 1.29 is 13.6 Å². The number of nitrogens with one attached hydrogen (secondary N) is 1. The van der Waals surface area contributed by atoms with Crippen molar-refractivity contribution >= 4 is 17.7 Å². The molecule has 0 fully saturated rings. The van der Waals surface area contributed by atoms with Gasteiger partial charge < -0.3 is 5.32 Å². The highest BCUT2D eigenvalue weighted by molar-refractivity contribution is 6.01. The Morgan fingerprint density at radius 1 is 1.37 bits per heavy atom. The van der Waals surface area contributed by atoms with E-state index in [1.807, 2.05) is 0 Å². The van der Waals surface area contributed by atoms with Gasteiger partial charge in [-0.3, -0.25) is 9.48 Å². The molecule has 0 unspecified atom stereocenters. The minimum atomic E-state index is -1.01. The van der Waals surface area contributed by atoms with Crippen molar-refractivity contribution in [3.63, 3.8) is 0 Å². The number of benzene rings is 1. The fourth-order valence-corrected chi connectivity index (χ4v) is 1.46. The molecule has 2 rings (SSSR count). The molecule has 0 atom stereocenters. The molecule has 6 heteroatoms. The summed E-state index contributed by atoms with van der Waals surface area (Å²) in [7, 11) is 1.76. The number of aryl methyl sites for hydroxylation is 1. The number of halogens is 2. The van der Waals surface area contributed by atoms with Crippen LogP contribution in [0, 0.1) is 11.6 Å². The van der Waals surface area contributed by atoms with Gasteiger partial charge in [0.25, 0.3) is 0 Å². The molecule has 1 aromatic carbocycles. The maximum absolute atomic E-state index is 12.9. The Morgan fingerprint density at radius 3 is 2.79 bits per heavy atom. The normalized spacial score (nSPS) is 10.9. The Bertz CT molecular complexity index is 635. The zero-order valence-corrected chi connectivity index (χ0v) is 10.1. The van der Waals surface area contributed by atoms with Gasteiger partial charge in [0.1, 0.15) is 0 Å². The molecule has 0 saturated carbocycles. The Hall–Kier alpha value is -2.50. The second-order valence-corrected chi connectivity index (χ2v) is 3.90. The van der Waals surface area contributed by atoms with Crippen molar-refractivity contribution in [1.29, 1.82) is 0 Å². The minimum Gasteiger partial charge on any atom is -0.322 e. The first-order valence-electron chi connectivity index (χ1n) is 5.47. The molecular formula is C13H11F2N3O. The number of carbonyl (C=O) groups excluding carboxylic acids is 1. The molecule has 1 N–H and O–H groups in total. The first-order valence-corrected chi connectivity index (χ1v) is 5.47. The predicted octanol–water partition coefficient (Wildman–Crippen LogP) is 2.35. The van der Waals surface area contributed by atoms with Gasteiger partial charge >= 0.3 is 0 Å². The van der Waals surface area contributed by atoms with Crippen molar-refractivity contribution in [1.82, 2.24) is 9.78 Å². The molecule has 19 heavy (non-hydrogen) atoms. The molecule has 0 radical (unpaired) electrons. The lowest BCUT2D eigenvalue weighted by Gasteiger charge is -2.02. The molecule has 0 aliphatic heterocycles. The lowest BCUT2D eigenvalue weighted by molar-refractivity contribution is -0.111. The lowest BCUT2D eigenvalue weighted by atomic mass is 10.3. The molecule has 2 aromatic rings. The van der Waals surface area contributed by atoms with Gasteiger partial charge in [0.2, 0.25) is 5.91 Å². The Balaban J connectivity index is 2.01. The molecule has 1 amide bonds. The van der Waals surface area contributed by atoms with Crippen LogP contribution in [0.5, 0.6) is 0 Å². The number of carbonyl (C=O) groups is 1. The van der Waals surface area contributed by atoms with E-state index < -0.39 is 17.5 Å². The monoisotopic (exact) mass is 263 g/mol. The van der Waals surface area contributed by atoms with Crippen LogP contribution >= 0.6 is 0 Å². The number of hydrogen-bond acceptors (Lipinski definition) is 2. The van der Waals surface area contributed by atoms with E-state index in [1.54, 1.807) is 30.2 Å². The second-order valence-electron chi connectivity index (χ2n) is 3.90. The van der Waals surface area contributed by atoms with Crippen molar-refractivity contribution in [3.8, 4) is 0 Å². The molecular weight excluding hydrogens is 252 g/mol. The Morgan fingerprint density at radius 2 is 2.16 bits per heavy atom. The van der Waals surface area contributed by atoms with E-state index in [4.69, 9.17) is 0 Å². The van der Waals surface area contributed by atoms with Crippen molar-refractivity contribution in [2.24, 2.45) is 7.05 Å². The topological polar surface area (TPSA) is 46.9 Å². The number of anilines is 1. The number of nitrogens with zero attached hydrogens (tertiary/aromatic N) is 2. The molecule has 1 aromatic heterocycles. The van der Waals surface area contributed by atoms with Gasteiger partial charge in [-0.05, 0) is 18.2 Å². The largest absolute Gasteiger partial charge is 0.322 e. The first kappa shape index (κ1) is 12.9. The molecule has 1 heterocycles.